The molecule has 1 saturated carbocycles. The highest BCUT2D eigenvalue weighted by molar-refractivity contribution is 6.05. The van der Waals surface area contributed by atoms with Crippen molar-refractivity contribution < 1.29 is 37.0 Å². The lowest BCUT2D eigenvalue weighted by Gasteiger charge is -2.29. The summed E-state index contributed by atoms with van der Waals surface area (Å²) in [6.45, 7) is 2.02. The van der Waals surface area contributed by atoms with E-state index in [9.17, 15) is 27.6 Å². The van der Waals surface area contributed by atoms with Crippen LogP contribution in [-0.2, 0) is 16.1 Å². The van der Waals surface area contributed by atoms with Gasteiger partial charge < -0.3 is 19.7 Å². The Kier molecular flexibility index (Phi) is 8.30. The first-order chi connectivity index (χ1) is 19.2. The third-order valence-electron chi connectivity index (χ3n) is 7.69. The van der Waals surface area contributed by atoms with Crippen molar-refractivity contribution in [1.29, 1.82) is 0 Å². The van der Waals surface area contributed by atoms with Crippen LogP contribution in [0.5, 0.6) is 11.5 Å². The van der Waals surface area contributed by atoms with Crippen LogP contribution < -0.4 is 20.1 Å². The second-order valence-electron chi connectivity index (χ2n) is 10.6. The summed E-state index contributed by atoms with van der Waals surface area (Å²) in [5.74, 6) is 0.163. The van der Waals surface area contributed by atoms with Gasteiger partial charge in [-0.05, 0) is 73.6 Å². The maximum atomic E-state index is 12.6. The fourth-order valence-electron chi connectivity index (χ4n) is 5.49. The van der Waals surface area contributed by atoms with Gasteiger partial charge in [0, 0.05) is 37.5 Å². The van der Waals surface area contributed by atoms with Gasteiger partial charge >= 0.3 is 6.36 Å². The van der Waals surface area contributed by atoms with Crippen LogP contribution in [0.25, 0.3) is 0 Å². The van der Waals surface area contributed by atoms with E-state index in [0.29, 0.717) is 24.4 Å². The Morgan fingerprint density at radius 2 is 1.68 bits per heavy atom. The molecule has 3 aliphatic heterocycles. The van der Waals surface area contributed by atoms with Crippen molar-refractivity contribution in [1.82, 2.24) is 15.5 Å². The molecule has 0 bridgehead atoms. The van der Waals surface area contributed by atoms with Gasteiger partial charge in [-0.1, -0.05) is 18.6 Å². The summed E-state index contributed by atoms with van der Waals surface area (Å²) in [6.07, 6.45) is 2.15. The summed E-state index contributed by atoms with van der Waals surface area (Å²) in [5, 5.41) is 5.39. The van der Waals surface area contributed by atoms with Crippen LogP contribution in [0.2, 0.25) is 0 Å². The minimum atomic E-state index is -4.61. The Bertz CT molecular complexity index is 1260. The van der Waals surface area contributed by atoms with E-state index in [0.717, 1.165) is 42.8 Å². The predicted molar refractivity (Wildman–Crippen MR) is 139 cm³/mol. The molecule has 1 atom stereocenters. The van der Waals surface area contributed by atoms with Crippen molar-refractivity contribution in [2.45, 2.75) is 75.9 Å². The average Bonchev–Trinajstić information content (AvgIpc) is 3.18. The second-order valence-corrected chi connectivity index (χ2v) is 10.6. The van der Waals surface area contributed by atoms with Crippen molar-refractivity contribution in [3.05, 3.63) is 59.2 Å². The number of amides is 3. The van der Waals surface area contributed by atoms with Gasteiger partial charge in [-0.2, -0.15) is 0 Å². The zero-order chi connectivity index (χ0) is 28.3. The standard InChI is InChI=1S/C19H22N2O4.C10H10F3NO/c22-17-9-8-16(18(23)20-17)21-11-12-10-14(6-7-15(12)19(21)24)25-13-4-2-1-3-5-13;11-10(12,13)15-9-3-1-2-7(4-9)8-5-14-6-8/h6-7,10,13,16H,1-5,8-9,11H2,(H,20,22,23);1-4,8,14H,5-6H2. The van der Waals surface area contributed by atoms with Crippen LogP contribution in [-0.4, -0.2) is 54.2 Å². The molecule has 40 heavy (non-hydrogen) atoms. The molecule has 3 heterocycles. The maximum Gasteiger partial charge on any atom is 0.573 e. The fourth-order valence-corrected chi connectivity index (χ4v) is 5.49. The third kappa shape index (κ3) is 6.75. The summed E-state index contributed by atoms with van der Waals surface area (Å²) in [6, 6.07) is 11.1. The smallest absolute Gasteiger partial charge is 0.490 e. The lowest BCUT2D eigenvalue weighted by atomic mass is 9.94. The number of alkyl halides is 3. The van der Waals surface area contributed by atoms with E-state index in [1.54, 1.807) is 17.0 Å². The number of nitrogens with one attached hydrogen (secondary N) is 2. The SMILES string of the molecule is FC(F)(F)Oc1cccc(C2CNC2)c1.O=C1CCC(N2Cc3cc(OC4CCCCC4)ccc3C2=O)C(=O)N1. The molecular formula is C29H32F3N3O5. The van der Waals surface area contributed by atoms with Crippen molar-refractivity contribution in [3.8, 4) is 11.5 Å². The van der Waals surface area contributed by atoms with Crippen molar-refractivity contribution in [2.75, 3.05) is 13.1 Å². The van der Waals surface area contributed by atoms with Crippen LogP contribution in [0.3, 0.4) is 0 Å². The number of nitrogens with zero attached hydrogens (tertiary/aromatic N) is 1. The summed E-state index contributed by atoms with van der Waals surface area (Å²) >= 11 is 0. The van der Waals surface area contributed by atoms with Crippen LogP contribution in [0, 0.1) is 0 Å². The zero-order valence-electron chi connectivity index (χ0n) is 22.0. The molecule has 2 N–H and O–H groups in total. The van der Waals surface area contributed by atoms with Gasteiger partial charge in [0.05, 0.1) is 6.10 Å². The number of hydrogen-bond donors (Lipinski definition) is 2. The van der Waals surface area contributed by atoms with Gasteiger partial charge in [0.25, 0.3) is 5.91 Å². The number of ether oxygens (including phenoxy) is 2. The summed E-state index contributed by atoms with van der Waals surface area (Å²) < 4.78 is 45.7. The van der Waals surface area contributed by atoms with Crippen molar-refractivity contribution in [2.24, 2.45) is 0 Å². The van der Waals surface area contributed by atoms with Crippen LogP contribution in [0.4, 0.5) is 13.2 Å². The van der Waals surface area contributed by atoms with E-state index >= 15 is 0 Å². The van der Waals surface area contributed by atoms with Crippen LogP contribution in [0.1, 0.15) is 72.3 Å². The fraction of sp³-hybridized carbons (Fsp3) is 0.483. The predicted octanol–water partition coefficient (Wildman–Crippen LogP) is 4.43. The molecule has 11 heteroatoms. The molecule has 1 aliphatic carbocycles. The van der Waals surface area contributed by atoms with Crippen molar-refractivity contribution in [3.63, 3.8) is 0 Å². The average molecular weight is 560 g/mol. The van der Waals surface area contributed by atoms with E-state index in [2.05, 4.69) is 15.4 Å². The number of benzene rings is 2. The summed E-state index contributed by atoms with van der Waals surface area (Å²) in [5.41, 5.74) is 2.40. The Balaban J connectivity index is 0.000000184. The normalized spacial score (nSPS) is 21.6. The van der Waals surface area contributed by atoms with Gasteiger partial charge in [0.15, 0.2) is 0 Å². The molecule has 6 rings (SSSR count). The van der Waals surface area contributed by atoms with E-state index in [1.165, 1.54) is 31.4 Å². The zero-order valence-corrected chi connectivity index (χ0v) is 22.0. The largest absolute Gasteiger partial charge is 0.573 e. The Morgan fingerprint density at radius 3 is 2.35 bits per heavy atom. The van der Waals surface area contributed by atoms with E-state index in [1.807, 2.05) is 18.2 Å². The minimum absolute atomic E-state index is 0.145. The van der Waals surface area contributed by atoms with Gasteiger partial charge in [0.2, 0.25) is 11.8 Å². The van der Waals surface area contributed by atoms with Crippen LogP contribution >= 0.6 is 0 Å². The minimum Gasteiger partial charge on any atom is -0.490 e. The first kappa shape index (κ1) is 27.9. The number of hydrogen-bond acceptors (Lipinski definition) is 6. The Hall–Kier alpha value is -3.60. The molecule has 0 aromatic heterocycles. The number of carbonyl (C=O) groups excluding carboxylic acids is 3. The number of rotatable bonds is 5. The van der Waals surface area contributed by atoms with Gasteiger partial charge in [-0.25, -0.2) is 0 Å². The quantitative estimate of drug-likeness (QED) is 0.527. The molecule has 2 aromatic rings. The van der Waals surface area contributed by atoms with Gasteiger partial charge in [-0.3, -0.25) is 19.7 Å². The molecule has 4 aliphatic rings. The molecule has 3 amide bonds. The molecule has 3 fully saturated rings. The first-order valence-corrected chi connectivity index (χ1v) is 13.7. The van der Waals surface area contributed by atoms with Gasteiger partial charge in [0.1, 0.15) is 17.5 Å². The van der Waals surface area contributed by atoms with Crippen LogP contribution in [0.15, 0.2) is 42.5 Å². The molecule has 8 nitrogen and oxygen atoms in total. The van der Waals surface area contributed by atoms with E-state index < -0.39 is 12.4 Å². The number of fused-ring (bicyclic) bond motifs is 1. The topological polar surface area (TPSA) is 97.0 Å². The lowest BCUT2D eigenvalue weighted by Crippen LogP contribution is -2.52. The maximum absolute atomic E-state index is 12.6. The van der Waals surface area contributed by atoms with Crippen molar-refractivity contribution >= 4 is 17.7 Å². The number of piperidine rings is 1. The highest BCUT2D eigenvalue weighted by atomic mass is 19.4. The molecule has 214 valence electrons. The van der Waals surface area contributed by atoms with Gasteiger partial charge in [-0.15, -0.1) is 13.2 Å². The lowest BCUT2D eigenvalue weighted by molar-refractivity contribution is -0.274. The first-order valence-electron chi connectivity index (χ1n) is 13.7. The molecular weight excluding hydrogens is 527 g/mol. The molecule has 2 aromatic carbocycles. The Morgan fingerprint density at radius 1 is 0.900 bits per heavy atom. The molecule has 0 radical (unpaired) electrons. The second kappa shape index (κ2) is 11.9. The monoisotopic (exact) mass is 559 g/mol. The highest BCUT2D eigenvalue weighted by Crippen LogP contribution is 2.32. The van der Waals surface area contributed by atoms with E-state index in [-0.39, 0.29) is 36.0 Å². The number of halogens is 3. The molecule has 2 saturated heterocycles. The summed E-state index contributed by atoms with van der Waals surface area (Å²) in [4.78, 5) is 37.6. The third-order valence-corrected chi connectivity index (χ3v) is 7.69. The molecule has 0 spiro atoms. The number of imide groups is 1. The Labute approximate surface area is 230 Å². The number of carbonyl (C=O) groups is 3. The van der Waals surface area contributed by atoms with E-state index in [4.69, 9.17) is 4.74 Å². The summed E-state index contributed by atoms with van der Waals surface area (Å²) in [7, 11) is 0. The highest BCUT2D eigenvalue weighted by Gasteiger charge is 2.39. The molecule has 1 unspecified atom stereocenters.